The second-order valence-corrected chi connectivity index (χ2v) is 10.0. The van der Waals surface area contributed by atoms with E-state index >= 15 is 0 Å². The van der Waals surface area contributed by atoms with Crippen LogP contribution in [0.3, 0.4) is 0 Å². The minimum atomic E-state index is -0.884. The standard InChI is InChI=1S/C19H27BrO4/c1-17(2)8-14-13(17)4-6-18(10-20)5-3-12-11(7-15(21)22)16(23)24-19(12,14)9-18/h11-14H,3-10H2,1-2H3,(H,21,22)/t11?,12?,13?,14?,18-,19+/m1/s1. The molecule has 3 saturated carbocycles. The van der Waals surface area contributed by atoms with Crippen molar-refractivity contribution in [2.75, 3.05) is 5.33 Å². The maximum atomic E-state index is 12.6. The summed E-state index contributed by atoms with van der Waals surface area (Å²) in [6.45, 7) is 4.67. The van der Waals surface area contributed by atoms with E-state index in [2.05, 4.69) is 29.8 Å². The summed E-state index contributed by atoms with van der Waals surface area (Å²) < 4.78 is 6.15. The second kappa shape index (κ2) is 5.21. The highest BCUT2D eigenvalue weighted by molar-refractivity contribution is 9.09. The van der Waals surface area contributed by atoms with Gasteiger partial charge in [0.1, 0.15) is 5.60 Å². The first-order valence-corrected chi connectivity index (χ1v) is 10.4. The Morgan fingerprint density at radius 1 is 1.25 bits per heavy atom. The van der Waals surface area contributed by atoms with Gasteiger partial charge in [0.2, 0.25) is 0 Å². The molecule has 1 aliphatic heterocycles. The fourth-order valence-electron chi connectivity index (χ4n) is 6.69. The van der Waals surface area contributed by atoms with Crippen molar-refractivity contribution in [1.82, 2.24) is 0 Å². The van der Waals surface area contributed by atoms with Gasteiger partial charge in [0.15, 0.2) is 0 Å². The van der Waals surface area contributed by atoms with E-state index in [4.69, 9.17) is 4.74 Å². The number of carboxylic acid groups (broad SMARTS) is 1. The third-order valence-electron chi connectivity index (χ3n) is 7.87. The average Bonchev–Trinajstić information content (AvgIpc) is 2.71. The van der Waals surface area contributed by atoms with Crippen LogP contribution in [0.4, 0.5) is 0 Å². The number of carbonyl (C=O) groups excluding carboxylic acids is 1. The van der Waals surface area contributed by atoms with Gasteiger partial charge in [-0.1, -0.05) is 29.8 Å². The molecule has 3 aliphatic carbocycles. The quantitative estimate of drug-likeness (QED) is 0.575. The smallest absolute Gasteiger partial charge is 0.310 e. The zero-order valence-corrected chi connectivity index (χ0v) is 16.1. The fraction of sp³-hybridized carbons (Fsp3) is 0.895. The lowest BCUT2D eigenvalue weighted by Crippen LogP contribution is -2.59. The minimum absolute atomic E-state index is 0.0760. The first-order valence-electron chi connectivity index (χ1n) is 9.24. The number of alkyl halides is 1. The first-order chi connectivity index (χ1) is 11.2. The molecule has 24 heavy (non-hydrogen) atoms. The lowest BCUT2D eigenvalue weighted by Gasteiger charge is -2.59. The van der Waals surface area contributed by atoms with Gasteiger partial charge in [0.25, 0.3) is 0 Å². The van der Waals surface area contributed by atoms with E-state index in [9.17, 15) is 14.7 Å². The molecular formula is C19H27BrO4. The molecule has 0 aromatic rings. The SMILES string of the molecule is CC1(C)CC2C1CC[C@]1(CBr)CCC3C(CC(=O)O)C(=O)O[C@@]32C1. The van der Waals surface area contributed by atoms with Crippen LogP contribution >= 0.6 is 15.9 Å². The highest BCUT2D eigenvalue weighted by atomic mass is 79.9. The highest BCUT2D eigenvalue weighted by Crippen LogP contribution is 2.69. The maximum Gasteiger partial charge on any atom is 0.310 e. The van der Waals surface area contributed by atoms with Crippen molar-refractivity contribution < 1.29 is 19.4 Å². The molecule has 2 bridgehead atoms. The number of fused-ring (bicyclic) bond motifs is 2. The van der Waals surface area contributed by atoms with Crippen LogP contribution in [0.25, 0.3) is 0 Å². The number of hydrogen-bond donors (Lipinski definition) is 1. The topological polar surface area (TPSA) is 63.6 Å². The largest absolute Gasteiger partial charge is 0.481 e. The van der Waals surface area contributed by atoms with Crippen molar-refractivity contribution >= 4 is 27.9 Å². The number of hydrogen-bond acceptors (Lipinski definition) is 3. The highest BCUT2D eigenvalue weighted by Gasteiger charge is 2.70. The van der Waals surface area contributed by atoms with Crippen LogP contribution < -0.4 is 0 Å². The Hall–Kier alpha value is -0.580. The van der Waals surface area contributed by atoms with Gasteiger partial charge in [-0.05, 0) is 55.3 Å². The van der Waals surface area contributed by atoms with E-state index < -0.39 is 17.5 Å². The molecule has 0 aromatic carbocycles. The zero-order valence-electron chi connectivity index (χ0n) is 14.5. The Morgan fingerprint density at radius 2 is 1.92 bits per heavy atom. The van der Waals surface area contributed by atoms with Crippen LogP contribution in [0.1, 0.15) is 58.8 Å². The van der Waals surface area contributed by atoms with E-state index in [1.807, 2.05) is 0 Å². The number of aliphatic carboxylic acids is 1. The molecule has 1 N–H and O–H groups in total. The summed E-state index contributed by atoms with van der Waals surface area (Å²) in [5.74, 6) is -0.478. The first kappa shape index (κ1) is 16.9. The molecule has 134 valence electrons. The summed E-state index contributed by atoms with van der Waals surface area (Å²) in [5.41, 5.74) is 0.120. The lowest BCUT2D eigenvalue weighted by atomic mass is 9.47. The number of ether oxygens (including phenoxy) is 1. The molecule has 6 atom stereocenters. The number of halogens is 1. The van der Waals surface area contributed by atoms with Gasteiger partial charge >= 0.3 is 11.9 Å². The third-order valence-corrected chi connectivity index (χ3v) is 9.06. The van der Waals surface area contributed by atoms with Gasteiger partial charge in [0.05, 0.1) is 12.3 Å². The normalized spacial score (nSPS) is 48.5. The van der Waals surface area contributed by atoms with Gasteiger partial charge in [-0.3, -0.25) is 9.59 Å². The Bertz CT molecular complexity index is 588. The Kier molecular flexibility index (Phi) is 3.66. The van der Waals surface area contributed by atoms with Crippen LogP contribution in [-0.2, 0) is 14.3 Å². The van der Waals surface area contributed by atoms with Crippen molar-refractivity contribution in [3.63, 3.8) is 0 Å². The molecule has 1 saturated heterocycles. The van der Waals surface area contributed by atoms with E-state index in [1.54, 1.807) is 0 Å². The van der Waals surface area contributed by atoms with Crippen molar-refractivity contribution in [3.8, 4) is 0 Å². The molecule has 4 rings (SSSR count). The summed E-state index contributed by atoms with van der Waals surface area (Å²) in [7, 11) is 0. The van der Waals surface area contributed by atoms with E-state index in [1.165, 1.54) is 12.8 Å². The minimum Gasteiger partial charge on any atom is -0.481 e. The van der Waals surface area contributed by atoms with Gasteiger partial charge in [0, 0.05) is 17.2 Å². The summed E-state index contributed by atoms with van der Waals surface area (Å²) in [6.07, 6.45) is 6.36. The molecule has 1 heterocycles. The van der Waals surface area contributed by atoms with Gasteiger partial charge in [-0.15, -0.1) is 0 Å². The van der Waals surface area contributed by atoms with Gasteiger partial charge in [-0.25, -0.2) is 0 Å². The molecule has 5 heteroatoms. The Morgan fingerprint density at radius 3 is 2.50 bits per heavy atom. The van der Waals surface area contributed by atoms with E-state index in [0.717, 1.165) is 31.0 Å². The number of rotatable bonds is 3. The Labute approximate surface area is 151 Å². The maximum absolute atomic E-state index is 12.6. The molecular weight excluding hydrogens is 372 g/mol. The zero-order chi connectivity index (χ0) is 17.3. The van der Waals surface area contributed by atoms with E-state index in [-0.39, 0.29) is 23.7 Å². The Balaban J connectivity index is 1.75. The monoisotopic (exact) mass is 398 g/mol. The van der Waals surface area contributed by atoms with Crippen LogP contribution in [0.2, 0.25) is 0 Å². The number of carboxylic acids is 1. The van der Waals surface area contributed by atoms with Crippen LogP contribution in [0.5, 0.6) is 0 Å². The second-order valence-electron chi connectivity index (χ2n) is 9.48. The molecule has 4 unspecified atom stereocenters. The third kappa shape index (κ3) is 2.15. The van der Waals surface area contributed by atoms with Gasteiger partial charge < -0.3 is 9.84 Å². The summed E-state index contributed by atoms with van der Waals surface area (Å²) in [4.78, 5) is 23.9. The number of esters is 1. The van der Waals surface area contributed by atoms with Crippen LogP contribution in [0.15, 0.2) is 0 Å². The summed E-state index contributed by atoms with van der Waals surface area (Å²) in [6, 6.07) is 0. The molecule has 4 fully saturated rings. The van der Waals surface area contributed by atoms with Gasteiger partial charge in [-0.2, -0.15) is 0 Å². The number of carbonyl (C=O) groups is 2. The molecule has 4 aliphatic rings. The average molecular weight is 399 g/mol. The summed E-state index contributed by atoms with van der Waals surface area (Å²) >= 11 is 3.74. The van der Waals surface area contributed by atoms with Crippen molar-refractivity contribution in [2.24, 2.45) is 34.5 Å². The molecule has 0 aromatic heterocycles. The molecule has 4 nitrogen and oxygen atoms in total. The summed E-state index contributed by atoms with van der Waals surface area (Å²) in [5, 5.41) is 10.2. The van der Waals surface area contributed by atoms with Crippen molar-refractivity contribution in [2.45, 2.75) is 64.4 Å². The van der Waals surface area contributed by atoms with Crippen LogP contribution in [0, 0.1) is 34.5 Å². The molecule has 0 radical (unpaired) electrons. The lowest BCUT2D eigenvalue weighted by molar-refractivity contribution is -0.191. The van der Waals surface area contributed by atoms with Crippen molar-refractivity contribution in [3.05, 3.63) is 0 Å². The van der Waals surface area contributed by atoms with Crippen molar-refractivity contribution in [1.29, 1.82) is 0 Å². The van der Waals surface area contributed by atoms with E-state index in [0.29, 0.717) is 17.3 Å². The molecule has 1 spiro atoms. The molecule has 0 amide bonds. The van der Waals surface area contributed by atoms with Crippen LogP contribution in [-0.4, -0.2) is 28.0 Å². The fourth-order valence-corrected chi connectivity index (χ4v) is 7.45. The predicted molar refractivity (Wildman–Crippen MR) is 92.7 cm³/mol. The predicted octanol–water partition coefficient (Wildman–Crippen LogP) is 4.01.